The van der Waals surface area contributed by atoms with Gasteiger partial charge in [0.15, 0.2) is 0 Å². The highest BCUT2D eigenvalue weighted by molar-refractivity contribution is 6.16. The third-order valence-electron chi connectivity index (χ3n) is 5.30. The molecule has 0 spiro atoms. The summed E-state index contributed by atoms with van der Waals surface area (Å²) in [7, 11) is 1.73. The van der Waals surface area contributed by atoms with Gasteiger partial charge < -0.3 is 21.8 Å². The summed E-state index contributed by atoms with van der Waals surface area (Å²) in [6.45, 7) is 4.84. The second-order valence-corrected chi connectivity index (χ2v) is 7.71. The Balaban J connectivity index is 0.000000577. The van der Waals surface area contributed by atoms with Crippen LogP contribution in [0.3, 0.4) is 0 Å². The number of rotatable bonds is 10. The maximum absolute atomic E-state index is 11.2. The van der Waals surface area contributed by atoms with Gasteiger partial charge in [-0.25, -0.2) is 0 Å². The van der Waals surface area contributed by atoms with E-state index in [1.54, 1.807) is 7.05 Å². The Morgan fingerprint density at radius 1 is 1.23 bits per heavy atom. The number of carbonyl (C=O) groups excluding carboxylic acids is 2. The number of nitrogens with two attached hydrogens (primary N) is 1. The first kappa shape index (κ1) is 26.4. The van der Waals surface area contributed by atoms with E-state index in [1.165, 1.54) is 32.1 Å². The van der Waals surface area contributed by atoms with Crippen molar-refractivity contribution in [2.24, 2.45) is 16.8 Å². The Kier molecular flexibility index (Phi) is 13.7. The molecule has 0 atom stereocenters. The second kappa shape index (κ2) is 16.1. The molecular weight excluding hydrogens is 390 g/mol. The van der Waals surface area contributed by atoms with Crippen LogP contribution in [0.25, 0.3) is 0 Å². The number of hydrogen-bond acceptors (Lipinski definition) is 5. The molecule has 7 nitrogen and oxygen atoms in total. The molecule has 2 rings (SSSR count). The van der Waals surface area contributed by atoms with E-state index in [0.717, 1.165) is 35.6 Å². The fourth-order valence-corrected chi connectivity index (χ4v) is 3.58. The van der Waals surface area contributed by atoms with Gasteiger partial charge >= 0.3 is 0 Å². The smallest absolute Gasteiger partial charge is 0.233 e. The van der Waals surface area contributed by atoms with E-state index < -0.39 is 0 Å². The topological polar surface area (TPSA) is 109 Å². The zero-order valence-electron chi connectivity index (χ0n) is 19.2. The average Bonchev–Trinajstić information content (AvgIpc) is 2.79. The van der Waals surface area contributed by atoms with Crippen LogP contribution in [0.5, 0.6) is 0 Å². The number of hydrogen-bond donors (Lipinski definition) is 4. The van der Waals surface area contributed by atoms with Crippen molar-refractivity contribution in [3.8, 4) is 0 Å². The van der Waals surface area contributed by atoms with Gasteiger partial charge in [-0.2, -0.15) is 5.10 Å². The zero-order chi connectivity index (χ0) is 22.9. The molecule has 31 heavy (non-hydrogen) atoms. The van der Waals surface area contributed by atoms with Crippen LogP contribution in [0.15, 0.2) is 41.0 Å². The molecule has 0 unspecified atom stereocenters. The number of allylic oxidation sites excluding steroid dienone is 2. The minimum absolute atomic E-state index is 0.00627. The van der Waals surface area contributed by atoms with Crippen molar-refractivity contribution in [3.05, 3.63) is 41.5 Å². The Morgan fingerprint density at radius 2 is 1.94 bits per heavy atom. The summed E-state index contributed by atoms with van der Waals surface area (Å²) in [5.41, 5.74) is 11.4. The number of nitrogens with zero attached hydrogens (tertiary/aromatic N) is 1. The van der Waals surface area contributed by atoms with Crippen LogP contribution in [-0.4, -0.2) is 38.2 Å². The zero-order valence-corrected chi connectivity index (χ0v) is 19.2. The first-order valence-electron chi connectivity index (χ1n) is 11.2. The standard InChI is InChI=1S/C17H25N5O2.C7H14/c1-3-13(7-6-10-20-16(24)11-18)17(22-19-2)14-8-4-5-9-15(14)21-12-23;1-7-5-3-2-4-6-7/h3-5,8-9,12,19H,6-7,10-11,18H2,1-2H3,(H,20,24)(H,21,23);7H,2-6H2,1H3/b13-3+,22-17+;. The fourth-order valence-electron chi connectivity index (χ4n) is 3.58. The normalized spacial score (nSPS) is 14.8. The lowest BCUT2D eigenvalue weighted by Crippen LogP contribution is -2.31. The highest BCUT2D eigenvalue weighted by Gasteiger charge is 2.13. The Hall–Kier alpha value is -2.67. The molecular formula is C24H39N5O2. The van der Waals surface area contributed by atoms with Gasteiger partial charge in [-0.3, -0.25) is 9.59 Å². The van der Waals surface area contributed by atoms with Crippen LogP contribution in [-0.2, 0) is 9.59 Å². The summed E-state index contributed by atoms with van der Waals surface area (Å²) < 4.78 is 0. The molecule has 1 fully saturated rings. The molecule has 1 aromatic rings. The summed E-state index contributed by atoms with van der Waals surface area (Å²) in [6.07, 6.45) is 11.6. The van der Waals surface area contributed by atoms with Crippen molar-refractivity contribution < 1.29 is 9.59 Å². The van der Waals surface area contributed by atoms with Gasteiger partial charge in [-0.1, -0.05) is 63.3 Å². The number of nitrogens with one attached hydrogen (secondary N) is 3. The minimum atomic E-state index is -0.165. The first-order valence-corrected chi connectivity index (χ1v) is 11.2. The van der Waals surface area contributed by atoms with Crippen molar-refractivity contribution in [3.63, 3.8) is 0 Å². The lowest BCUT2D eigenvalue weighted by molar-refractivity contribution is -0.119. The maximum Gasteiger partial charge on any atom is 0.233 e. The van der Waals surface area contributed by atoms with E-state index in [2.05, 4.69) is 28.1 Å². The van der Waals surface area contributed by atoms with Gasteiger partial charge in [0.1, 0.15) is 0 Å². The molecule has 0 aliphatic heterocycles. The van der Waals surface area contributed by atoms with Crippen LogP contribution in [0.2, 0.25) is 0 Å². The van der Waals surface area contributed by atoms with Gasteiger partial charge in [0.2, 0.25) is 12.3 Å². The Bertz CT molecular complexity index is 724. The third kappa shape index (κ3) is 10.3. The van der Waals surface area contributed by atoms with E-state index >= 15 is 0 Å². The van der Waals surface area contributed by atoms with Gasteiger partial charge in [0.25, 0.3) is 0 Å². The molecule has 7 heteroatoms. The number of carbonyl (C=O) groups is 2. The number of anilines is 1. The molecule has 172 valence electrons. The molecule has 0 heterocycles. The van der Waals surface area contributed by atoms with Crippen molar-refractivity contribution in [2.45, 2.75) is 58.8 Å². The molecule has 5 N–H and O–H groups in total. The largest absolute Gasteiger partial charge is 0.355 e. The molecule has 2 amide bonds. The van der Waals surface area contributed by atoms with Crippen LogP contribution in [0, 0.1) is 5.92 Å². The van der Waals surface area contributed by atoms with Gasteiger partial charge in [-0.15, -0.1) is 0 Å². The van der Waals surface area contributed by atoms with Gasteiger partial charge in [-0.05, 0) is 37.3 Å². The highest BCUT2D eigenvalue weighted by atomic mass is 16.1. The summed E-state index contributed by atoms with van der Waals surface area (Å²) in [5, 5.41) is 9.82. The third-order valence-corrected chi connectivity index (χ3v) is 5.30. The number of benzene rings is 1. The summed E-state index contributed by atoms with van der Waals surface area (Å²) in [5.74, 6) is 0.871. The number of para-hydroxylation sites is 1. The van der Waals surface area contributed by atoms with Crippen molar-refractivity contribution in [1.29, 1.82) is 0 Å². The van der Waals surface area contributed by atoms with Crippen molar-refractivity contribution in [2.75, 3.05) is 25.5 Å². The molecule has 0 saturated heterocycles. The van der Waals surface area contributed by atoms with Crippen LogP contribution < -0.4 is 21.8 Å². The molecule has 0 aromatic heterocycles. The lowest BCUT2D eigenvalue weighted by Gasteiger charge is -2.15. The summed E-state index contributed by atoms with van der Waals surface area (Å²) >= 11 is 0. The molecule has 1 saturated carbocycles. The second-order valence-electron chi connectivity index (χ2n) is 7.71. The van der Waals surface area contributed by atoms with E-state index in [4.69, 9.17) is 5.73 Å². The predicted molar refractivity (Wildman–Crippen MR) is 129 cm³/mol. The van der Waals surface area contributed by atoms with E-state index in [1.807, 2.05) is 37.3 Å². The Labute approximate surface area is 186 Å². The molecule has 0 radical (unpaired) electrons. The minimum Gasteiger partial charge on any atom is -0.355 e. The number of hydrazone groups is 1. The SMILES string of the molecule is C/C=C(CCCNC(=O)CN)/C(=N\NC)c1ccccc1NC=O.CC1CCCCC1. The van der Waals surface area contributed by atoms with Crippen LogP contribution in [0.4, 0.5) is 5.69 Å². The molecule has 1 aromatic carbocycles. The van der Waals surface area contributed by atoms with Crippen LogP contribution >= 0.6 is 0 Å². The van der Waals surface area contributed by atoms with Crippen molar-refractivity contribution in [1.82, 2.24) is 10.7 Å². The highest BCUT2D eigenvalue weighted by Crippen LogP contribution is 2.22. The maximum atomic E-state index is 11.2. The summed E-state index contributed by atoms with van der Waals surface area (Å²) in [4.78, 5) is 22.0. The lowest BCUT2D eigenvalue weighted by atomic mass is 9.91. The molecule has 0 bridgehead atoms. The molecule has 1 aliphatic rings. The average molecular weight is 430 g/mol. The van der Waals surface area contributed by atoms with Gasteiger partial charge in [0.05, 0.1) is 12.3 Å². The number of amides is 2. The first-order chi connectivity index (χ1) is 15.1. The monoisotopic (exact) mass is 429 g/mol. The quantitative estimate of drug-likeness (QED) is 0.197. The Morgan fingerprint density at radius 3 is 2.48 bits per heavy atom. The van der Waals surface area contributed by atoms with E-state index in [9.17, 15) is 9.59 Å². The fraction of sp³-hybridized carbons (Fsp3) is 0.542. The van der Waals surface area contributed by atoms with Crippen molar-refractivity contribution >= 4 is 23.7 Å². The van der Waals surface area contributed by atoms with E-state index in [0.29, 0.717) is 18.6 Å². The molecule has 1 aliphatic carbocycles. The predicted octanol–water partition coefficient (Wildman–Crippen LogP) is 3.57. The van der Waals surface area contributed by atoms with Crippen LogP contribution in [0.1, 0.15) is 64.4 Å². The summed E-state index contributed by atoms with van der Waals surface area (Å²) in [6, 6.07) is 7.47. The van der Waals surface area contributed by atoms with E-state index in [-0.39, 0.29) is 12.5 Å². The van der Waals surface area contributed by atoms with Gasteiger partial charge in [0, 0.05) is 24.8 Å².